The van der Waals surface area contributed by atoms with E-state index in [2.05, 4.69) is 10.6 Å². The van der Waals surface area contributed by atoms with E-state index in [1.807, 2.05) is 0 Å². The normalized spacial score (nSPS) is 11.2. The van der Waals surface area contributed by atoms with E-state index >= 15 is 0 Å². The van der Waals surface area contributed by atoms with Crippen LogP contribution in [0.3, 0.4) is 0 Å². The van der Waals surface area contributed by atoms with Crippen molar-refractivity contribution in [2.45, 2.75) is 6.18 Å². The smallest absolute Gasteiger partial charge is 0.374 e. The molecule has 122 valence electrons. The molecule has 0 bridgehead atoms. The molecule has 0 aliphatic carbocycles. The van der Waals surface area contributed by atoms with E-state index in [1.165, 1.54) is 12.1 Å². The van der Waals surface area contributed by atoms with Gasteiger partial charge in [-0.1, -0.05) is 12.1 Å². The highest BCUT2D eigenvalue weighted by Crippen LogP contribution is 2.34. The van der Waals surface area contributed by atoms with Gasteiger partial charge in [-0.25, -0.2) is 8.78 Å². The van der Waals surface area contributed by atoms with Crippen LogP contribution in [0.15, 0.2) is 42.5 Å². The van der Waals surface area contributed by atoms with E-state index in [0.717, 1.165) is 30.3 Å². The van der Waals surface area contributed by atoms with Crippen molar-refractivity contribution in [2.75, 3.05) is 17.2 Å². The van der Waals surface area contributed by atoms with Crippen molar-refractivity contribution in [3.63, 3.8) is 0 Å². The van der Waals surface area contributed by atoms with E-state index in [-0.39, 0.29) is 5.69 Å². The molecular weight excluding hydrogens is 319 g/mol. The number of alkyl halides is 3. The van der Waals surface area contributed by atoms with E-state index in [1.54, 1.807) is 0 Å². The fourth-order valence-electron chi connectivity index (χ4n) is 1.84. The van der Waals surface area contributed by atoms with Crippen LogP contribution in [-0.2, 0) is 11.0 Å². The molecule has 0 heterocycles. The first-order chi connectivity index (χ1) is 10.8. The summed E-state index contributed by atoms with van der Waals surface area (Å²) in [5, 5.41) is 4.41. The first-order valence-corrected chi connectivity index (χ1v) is 6.42. The van der Waals surface area contributed by atoms with Crippen molar-refractivity contribution in [3.8, 4) is 0 Å². The molecule has 0 aliphatic rings. The lowest BCUT2D eigenvalue weighted by Crippen LogP contribution is -2.24. The van der Waals surface area contributed by atoms with Crippen LogP contribution in [0.1, 0.15) is 5.56 Å². The molecule has 0 saturated heterocycles. The highest BCUT2D eigenvalue weighted by atomic mass is 19.4. The number of nitrogens with one attached hydrogen (secondary N) is 2. The van der Waals surface area contributed by atoms with Crippen molar-refractivity contribution >= 4 is 17.3 Å². The SMILES string of the molecule is O=C(CNc1cc(F)ccc1F)Nc1ccccc1C(F)(F)F. The maximum atomic E-state index is 13.4. The predicted octanol–water partition coefficient (Wildman–Crippen LogP) is 4.03. The number of anilines is 2. The molecule has 1 amide bonds. The van der Waals surface area contributed by atoms with E-state index in [9.17, 15) is 26.7 Å². The molecular formula is C15H11F5N2O. The van der Waals surface area contributed by atoms with Crippen LogP contribution in [0.4, 0.5) is 33.3 Å². The molecule has 0 spiro atoms. The zero-order chi connectivity index (χ0) is 17.0. The van der Waals surface area contributed by atoms with Crippen molar-refractivity contribution in [2.24, 2.45) is 0 Å². The number of benzene rings is 2. The Bertz CT molecular complexity index is 715. The second-order valence-corrected chi connectivity index (χ2v) is 4.57. The highest BCUT2D eigenvalue weighted by molar-refractivity contribution is 5.94. The minimum atomic E-state index is -4.62. The number of rotatable bonds is 4. The molecule has 0 aliphatic heterocycles. The number of amides is 1. The van der Waals surface area contributed by atoms with Gasteiger partial charge in [0.2, 0.25) is 5.91 Å². The quantitative estimate of drug-likeness (QED) is 0.831. The Morgan fingerprint density at radius 3 is 2.39 bits per heavy atom. The van der Waals surface area contributed by atoms with Gasteiger partial charge >= 0.3 is 6.18 Å². The van der Waals surface area contributed by atoms with Crippen LogP contribution in [0, 0.1) is 11.6 Å². The van der Waals surface area contributed by atoms with Crippen LogP contribution >= 0.6 is 0 Å². The van der Waals surface area contributed by atoms with Gasteiger partial charge in [0.1, 0.15) is 11.6 Å². The Kier molecular flexibility index (Phi) is 4.83. The van der Waals surface area contributed by atoms with Crippen molar-refractivity contribution in [1.29, 1.82) is 0 Å². The maximum absolute atomic E-state index is 13.4. The van der Waals surface area contributed by atoms with Crippen LogP contribution in [0.2, 0.25) is 0 Å². The average molecular weight is 330 g/mol. The molecule has 0 aromatic heterocycles. The van der Waals surface area contributed by atoms with Gasteiger partial charge in [-0.2, -0.15) is 13.2 Å². The summed E-state index contributed by atoms with van der Waals surface area (Å²) in [6.07, 6.45) is -4.62. The summed E-state index contributed by atoms with van der Waals surface area (Å²) in [5.74, 6) is -2.32. The van der Waals surface area contributed by atoms with Gasteiger partial charge in [0.05, 0.1) is 23.5 Å². The molecule has 3 nitrogen and oxygen atoms in total. The standard InChI is InChI=1S/C15H11F5N2O/c16-9-5-6-11(17)13(7-9)21-8-14(23)22-12-4-2-1-3-10(12)15(18,19)20/h1-7,21H,8H2,(H,22,23). The topological polar surface area (TPSA) is 41.1 Å². The Morgan fingerprint density at radius 2 is 1.70 bits per heavy atom. The van der Waals surface area contributed by atoms with Gasteiger partial charge in [0.25, 0.3) is 0 Å². The first kappa shape index (κ1) is 16.7. The molecule has 0 atom stereocenters. The molecule has 2 N–H and O–H groups in total. The second kappa shape index (κ2) is 6.64. The second-order valence-electron chi connectivity index (χ2n) is 4.57. The molecule has 0 fully saturated rings. The average Bonchev–Trinajstić information content (AvgIpc) is 2.47. The van der Waals surface area contributed by atoms with E-state index < -0.39 is 41.5 Å². The van der Waals surface area contributed by atoms with E-state index in [0.29, 0.717) is 0 Å². The van der Waals surface area contributed by atoms with Gasteiger partial charge in [-0.05, 0) is 30.3 Å². The van der Waals surface area contributed by atoms with Crippen molar-refractivity contribution in [3.05, 3.63) is 59.7 Å². The summed E-state index contributed by atoms with van der Waals surface area (Å²) in [5.41, 5.74) is -1.67. The van der Waals surface area contributed by atoms with Gasteiger partial charge in [-0.15, -0.1) is 0 Å². The molecule has 0 radical (unpaired) electrons. The minimum Gasteiger partial charge on any atom is -0.374 e. The summed E-state index contributed by atoms with van der Waals surface area (Å²) >= 11 is 0. The van der Waals surface area contributed by atoms with Gasteiger partial charge in [-0.3, -0.25) is 4.79 Å². The molecule has 2 aromatic carbocycles. The van der Waals surface area contributed by atoms with Gasteiger partial charge in [0.15, 0.2) is 0 Å². The Hall–Kier alpha value is -2.64. The number of carbonyl (C=O) groups excluding carboxylic acids is 1. The molecule has 23 heavy (non-hydrogen) atoms. The van der Waals surface area contributed by atoms with Crippen LogP contribution in [0.5, 0.6) is 0 Å². The third kappa shape index (κ3) is 4.41. The summed E-state index contributed by atoms with van der Waals surface area (Å²) < 4.78 is 64.7. The Balaban J connectivity index is 2.05. The number of hydrogen-bond donors (Lipinski definition) is 2. The Labute approximate surface area is 128 Å². The Morgan fingerprint density at radius 1 is 1.00 bits per heavy atom. The minimum absolute atomic E-state index is 0.260. The number of halogens is 5. The van der Waals surface area contributed by atoms with E-state index in [4.69, 9.17) is 0 Å². The third-order valence-corrected chi connectivity index (χ3v) is 2.87. The largest absolute Gasteiger partial charge is 0.418 e. The zero-order valence-corrected chi connectivity index (χ0v) is 11.5. The molecule has 2 rings (SSSR count). The van der Waals surface area contributed by atoms with Gasteiger partial charge < -0.3 is 10.6 Å². The lowest BCUT2D eigenvalue weighted by Gasteiger charge is -2.14. The van der Waals surface area contributed by atoms with Crippen molar-refractivity contribution in [1.82, 2.24) is 0 Å². The van der Waals surface area contributed by atoms with Crippen LogP contribution in [0.25, 0.3) is 0 Å². The maximum Gasteiger partial charge on any atom is 0.418 e. The molecule has 2 aromatic rings. The number of carbonyl (C=O) groups is 1. The lowest BCUT2D eigenvalue weighted by atomic mass is 10.1. The fraction of sp³-hybridized carbons (Fsp3) is 0.133. The molecule has 0 unspecified atom stereocenters. The fourth-order valence-corrected chi connectivity index (χ4v) is 1.84. The monoisotopic (exact) mass is 330 g/mol. The molecule has 0 saturated carbocycles. The van der Waals surface area contributed by atoms with Crippen LogP contribution < -0.4 is 10.6 Å². The number of hydrogen-bond acceptors (Lipinski definition) is 2. The summed E-state index contributed by atoms with van der Waals surface area (Å²) in [6, 6.07) is 7.07. The van der Waals surface area contributed by atoms with Crippen LogP contribution in [-0.4, -0.2) is 12.5 Å². The predicted molar refractivity (Wildman–Crippen MR) is 74.9 cm³/mol. The van der Waals surface area contributed by atoms with Crippen molar-refractivity contribution < 1.29 is 26.7 Å². The molecule has 8 heteroatoms. The zero-order valence-electron chi connectivity index (χ0n) is 11.5. The third-order valence-electron chi connectivity index (χ3n) is 2.87. The van der Waals surface area contributed by atoms with Gasteiger partial charge in [0, 0.05) is 0 Å². The summed E-state index contributed by atoms with van der Waals surface area (Å²) in [6.45, 7) is -0.521. The first-order valence-electron chi connectivity index (χ1n) is 6.42. The number of para-hydroxylation sites is 1. The highest BCUT2D eigenvalue weighted by Gasteiger charge is 2.33. The summed E-state index contributed by atoms with van der Waals surface area (Å²) in [7, 11) is 0. The summed E-state index contributed by atoms with van der Waals surface area (Å²) in [4.78, 5) is 11.7. The lowest BCUT2D eigenvalue weighted by molar-refractivity contribution is -0.137.